The number of rotatable bonds is 4. The van der Waals surface area contributed by atoms with Gasteiger partial charge in [0.25, 0.3) is 0 Å². The fourth-order valence-electron chi connectivity index (χ4n) is 3.00. The molecule has 0 bridgehead atoms. The average Bonchev–Trinajstić information content (AvgIpc) is 2.63. The Morgan fingerprint density at radius 1 is 1.08 bits per heavy atom. The molecule has 3 rings (SSSR count). The van der Waals surface area contributed by atoms with Crippen molar-refractivity contribution in [3.8, 4) is 0 Å². The van der Waals surface area contributed by atoms with Crippen LogP contribution in [-0.4, -0.2) is 30.1 Å². The molecule has 2 aromatic carbocycles. The molecule has 1 aliphatic heterocycles. The van der Waals surface area contributed by atoms with Crippen LogP contribution in [0.1, 0.15) is 29.5 Å². The number of hydrogen-bond acceptors (Lipinski definition) is 2. The smallest absolute Gasteiger partial charge is 0.321 e. The van der Waals surface area contributed by atoms with Crippen LogP contribution in [0.2, 0.25) is 0 Å². The number of hydrogen-bond donors (Lipinski definition) is 1. The number of nitrogens with zero attached hydrogens (tertiary/aromatic N) is 1. The van der Waals surface area contributed by atoms with Gasteiger partial charge in [0, 0.05) is 18.8 Å². The lowest BCUT2D eigenvalue weighted by atomic mass is 10.1. The van der Waals surface area contributed by atoms with Crippen molar-refractivity contribution >= 4 is 11.7 Å². The van der Waals surface area contributed by atoms with Gasteiger partial charge in [0.2, 0.25) is 0 Å². The number of amides is 2. The summed E-state index contributed by atoms with van der Waals surface area (Å²) in [5.74, 6) is 0. The molecule has 1 saturated heterocycles. The van der Waals surface area contributed by atoms with Gasteiger partial charge in [-0.05, 0) is 44.4 Å². The van der Waals surface area contributed by atoms with Gasteiger partial charge in [0.1, 0.15) is 0 Å². The summed E-state index contributed by atoms with van der Waals surface area (Å²) in [6.07, 6.45) is 2.07. The van der Waals surface area contributed by atoms with E-state index in [0.29, 0.717) is 13.2 Å². The number of nitrogens with one attached hydrogen (secondary N) is 1. The molecule has 25 heavy (non-hydrogen) atoms. The van der Waals surface area contributed by atoms with E-state index in [1.807, 2.05) is 36.1 Å². The topological polar surface area (TPSA) is 41.6 Å². The number of carbonyl (C=O) groups excluding carboxylic acids is 1. The van der Waals surface area contributed by atoms with Gasteiger partial charge in [0.15, 0.2) is 0 Å². The Bertz CT molecular complexity index is 695. The van der Waals surface area contributed by atoms with Crippen molar-refractivity contribution in [2.75, 3.05) is 18.4 Å². The summed E-state index contributed by atoms with van der Waals surface area (Å²) >= 11 is 0. The Labute approximate surface area is 149 Å². The number of ether oxygens (including phenoxy) is 1. The first kappa shape index (κ1) is 17.5. The molecule has 1 N–H and O–H groups in total. The van der Waals surface area contributed by atoms with Gasteiger partial charge in [0.05, 0.1) is 12.7 Å². The highest BCUT2D eigenvalue weighted by molar-refractivity contribution is 5.89. The zero-order chi connectivity index (χ0) is 17.6. The van der Waals surface area contributed by atoms with E-state index < -0.39 is 0 Å². The Morgan fingerprint density at radius 2 is 1.72 bits per heavy atom. The van der Waals surface area contributed by atoms with Crippen LogP contribution in [0.15, 0.2) is 48.5 Å². The zero-order valence-corrected chi connectivity index (χ0v) is 15.0. The van der Waals surface area contributed by atoms with E-state index in [4.69, 9.17) is 4.74 Å². The van der Waals surface area contributed by atoms with E-state index in [9.17, 15) is 4.79 Å². The van der Waals surface area contributed by atoms with Gasteiger partial charge in [-0.2, -0.15) is 0 Å². The SMILES string of the molecule is Cc1ccc(CO[C@@H]2CCCN(C(=O)Nc3ccc(C)cc3)C2)cc1. The van der Waals surface area contributed by atoms with Crippen LogP contribution in [0, 0.1) is 13.8 Å². The van der Waals surface area contributed by atoms with Crippen molar-refractivity contribution in [2.24, 2.45) is 0 Å². The van der Waals surface area contributed by atoms with E-state index in [2.05, 4.69) is 36.5 Å². The number of aryl methyl sites for hydroxylation is 2. The lowest BCUT2D eigenvalue weighted by Crippen LogP contribution is -2.45. The molecule has 2 amide bonds. The Balaban J connectivity index is 1.50. The van der Waals surface area contributed by atoms with Crippen molar-refractivity contribution < 1.29 is 9.53 Å². The molecular formula is C21H26N2O2. The first-order chi connectivity index (χ1) is 12.1. The van der Waals surface area contributed by atoms with Gasteiger partial charge in [-0.25, -0.2) is 4.79 Å². The standard InChI is InChI=1S/C21H26N2O2/c1-16-5-9-18(10-6-16)15-25-20-4-3-13-23(14-20)21(24)22-19-11-7-17(2)8-12-19/h5-12,20H,3-4,13-15H2,1-2H3,(H,22,24)/t20-/m1/s1. The third kappa shape index (κ3) is 5.07. The van der Waals surface area contributed by atoms with Crippen molar-refractivity contribution in [1.29, 1.82) is 0 Å². The molecule has 1 fully saturated rings. The number of piperidine rings is 1. The van der Waals surface area contributed by atoms with Crippen LogP contribution < -0.4 is 5.32 Å². The Hall–Kier alpha value is -2.33. The highest BCUT2D eigenvalue weighted by atomic mass is 16.5. The highest BCUT2D eigenvalue weighted by Crippen LogP contribution is 2.17. The maximum atomic E-state index is 12.5. The molecule has 0 aromatic heterocycles. The van der Waals surface area contributed by atoms with E-state index in [1.54, 1.807) is 0 Å². The molecule has 0 aliphatic carbocycles. The Morgan fingerprint density at radius 3 is 2.40 bits per heavy atom. The Kier molecular flexibility index (Phi) is 5.71. The van der Waals surface area contributed by atoms with Crippen molar-refractivity contribution in [2.45, 2.75) is 39.4 Å². The van der Waals surface area contributed by atoms with Crippen molar-refractivity contribution in [3.63, 3.8) is 0 Å². The second-order valence-electron chi connectivity index (χ2n) is 6.80. The maximum Gasteiger partial charge on any atom is 0.321 e. The van der Waals surface area contributed by atoms with Gasteiger partial charge in [-0.3, -0.25) is 0 Å². The monoisotopic (exact) mass is 338 g/mol. The maximum absolute atomic E-state index is 12.5. The van der Waals surface area contributed by atoms with Gasteiger partial charge in [-0.15, -0.1) is 0 Å². The van der Waals surface area contributed by atoms with E-state index in [1.165, 1.54) is 16.7 Å². The second-order valence-corrected chi connectivity index (χ2v) is 6.80. The minimum absolute atomic E-state index is 0.0486. The largest absolute Gasteiger partial charge is 0.372 e. The summed E-state index contributed by atoms with van der Waals surface area (Å²) in [5, 5.41) is 2.97. The summed E-state index contributed by atoms with van der Waals surface area (Å²) in [5.41, 5.74) is 4.44. The summed E-state index contributed by atoms with van der Waals surface area (Å²) in [6, 6.07) is 16.2. The minimum Gasteiger partial charge on any atom is -0.372 e. The fourth-order valence-corrected chi connectivity index (χ4v) is 3.00. The number of urea groups is 1. The molecule has 0 unspecified atom stereocenters. The van der Waals surface area contributed by atoms with Crippen LogP contribution in [0.5, 0.6) is 0 Å². The molecule has 1 heterocycles. The third-order valence-electron chi connectivity index (χ3n) is 4.57. The molecule has 132 valence electrons. The number of benzene rings is 2. The normalized spacial score (nSPS) is 17.4. The molecule has 0 saturated carbocycles. The average molecular weight is 338 g/mol. The number of carbonyl (C=O) groups is 1. The molecule has 4 nitrogen and oxygen atoms in total. The number of likely N-dealkylation sites (tertiary alicyclic amines) is 1. The predicted molar refractivity (Wildman–Crippen MR) is 101 cm³/mol. The first-order valence-electron chi connectivity index (χ1n) is 8.90. The number of anilines is 1. The molecule has 1 aliphatic rings. The summed E-state index contributed by atoms with van der Waals surface area (Å²) < 4.78 is 6.03. The van der Waals surface area contributed by atoms with Gasteiger partial charge in [-0.1, -0.05) is 47.5 Å². The predicted octanol–water partition coefficient (Wildman–Crippen LogP) is 4.52. The lowest BCUT2D eigenvalue weighted by Gasteiger charge is -2.32. The quantitative estimate of drug-likeness (QED) is 0.891. The van der Waals surface area contributed by atoms with E-state index >= 15 is 0 Å². The van der Waals surface area contributed by atoms with Crippen LogP contribution in [-0.2, 0) is 11.3 Å². The summed E-state index contributed by atoms with van der Waals surface area (Å²) in [7, 11) is 0. The highest BCUT2D eigenvalue weighted by Gasteiger charge is 2.24. The minimum atomic E-state index is -0.0486. The van der Waals surface area contributed by atoms with Gasteiger partial charge < -0.3 is 15.0 Å². The van der Waals surface area contributed by atoms with Crippen LogP contribution >= 0.6 is 0 Å². The van der Waals surface area contributed by atoms with E-state index in [-0.39, 0.29) is 12.1 Å². The van der Waals surface area contributed by atoms with Crippen LogP contribution in [0.3, 0.4) is 0 Å². The second kappa shape index (κ2) is 8.17. The van der Waals surface area contributed by atoms with E-state index in [0.717, 1.165) is 25.1 Å². The van der Waals surface area contributed by atoms with Crippen molar-refractivity contribution in [1.82, 2.24) is 4.90 Å². The van der Waals surface area contributed by atoms with Gasteiger partial charge >= 0.3 is 6.03 Å². The molecule has 4 heteroatoms. The third-order valence-corrected chi connectivity index (χ3v) is 4.57. The molecule has 1 atom stereocenters. The molecule has 2 aromatic rings. The summed E-state index contributed by atoms with van der Waals surface area (Å²) in [6.45, 7) is 6.13. The van der Waals surface area contributed by atoms with Crippen LogP contribution in [0.25, 0.3) is 0 Å². The molecule has 0 radical (unpaired) electrons. The summed E-state index contributed by atoms with van der Waals surface area (Å²) in [4.78, 5) is 14.3. The first-order valence-corrected chi connectivity index (χ1v) is 8.90. The van der Waals surface area contributed by atoms with Crippen LogP contribution in [0.4, 0.5) is 10.5 Å². The van der Waals surface area contributed by atoms with Crippen molar-refractivity contribution in [3.05, 3.63) is 65.2 Å². The fraction of sp³-hybridized carbons (Fsp3) is 0.381. The zero-order valence-electron chi connectivity index (χ0n) is 15.0. The lowest BCUT2D eigenvalue weighted by molar-refractivity contribution is 0.00101. The molecular weight excluding hydrogens is 312 g/mol. The molecule has 0 spiro atoms.